The molecule has 5 rings (SSSR count). The average molecular weight is 533 g/mol. The van der Waals surface area contributed by atoms with E-state index in [0.717, 1.165) is 33.7 Å². The number of H-pyrrole nitrogens is 1. The first-order chi connectivity index (χ1) is 18.4. The minimum Gasteiger partial charge on any atom is -0.494 e. The molecule has 10 heteroatoms. The summed E-state index contributed by atoms with van der Waals surface area (Å²) < 4.78 is 13.3. The molecule has 0 amide bonds. The van der Waals surface area contributed by atoms with Gasteiger partial charge in [-0.3, -0.25) is 9.69 Å². The molecule has 9 nitrogen and oxygen atoms in total. The van der Waals surface area contributed by atoms with Crippen molar-refractivity contribution < 1.29 is 9.15 Å². The first-order valence-corrected chi connectivity index (χ1v) is 13.6. The van der Waals surface area contributed by atoms with Gasteiger partial charge >= 0.3 is 0 Å². The second-order valence-corrected chi connectivity index (χ2v) is 10.8. The zero-order valence-corrected chi connectivity index (χ0v) is 22.9. The number of rotatable bonds is 11. The Bertz CT molecular complexity index is 1500. The summed E-state index contributed by atoms with van der Waals surface area (Å²) in [4.78, 5) is 20.1. The van der Waals surface area contributed by atoms with E-state index in [4.69, 9.17) is 9.15 Å². The molecule has 0 aliphatic heterocycles. The third-order valence-electron chi connectivity index (χ3n) is 6.87. The van der Waals surface area contributed by atoms with Crippen LogP contribution >= 0.6 is 11.3 Å². The zero-order chi connectivity index (χ0) is 26.7. The molecule has 0 radical (unpaired) electrons. The standard InChI is InChI=1S/C28H32N6O3S/c1-5-28(3,4)34-26(30-31-32-34)25(33(17-21-9-7-13-37-21)18-22-10-8-14-38-22)23-16-19-15-20(36-6-2)11-12-24(19)29-27(23)35/h7-16,25H,5-6,17-18H2,1-4H3,(H,29,35)/t25-/m0/s1. The highest BCUT2D eigenvalue weighted by atomic mass is 32.1. The number of thiophene rings is 1. The van der Waals surface area contributed by atoms with Crippen molar-refractivity contribution in [3.8, 4) is 5.75 Å². The number of tetrazole rings is 1. The molecule has 4 heterocycles. The van der Waals surface area contributed by atoms with Gasteiger partial charge in [0.1, 0.15) is 17.6 Å². The van der Waals surface area contributed by atoms with Crippen molar-refractivity contribution in [1.82, 2.24) is 30.1 Å². The highest BCUT2D eigenvalue weighted by Gasteiger charge is 2.35. The number of benzene rings is 1. The first kappa shape index (κ1) is 25.9. The van der Waals surface area contributed by atoms with E-state index < -0.39 is 6.04 Å². The maximum Gasteiger partial charge on any atom is 0.253 e. The van der Waals surface area contributed by atoms with E-state index in [2.05, 4.69) is 57.6 Å². The van der Waals surface area contributed by atoms with Crippen LogP contribution in [0, 0.1) is 0 Å². The number of aromatic amines is 1. The van der Waals surface area contributed by atoms with Gasteiger partial charge in [0, 0.05) is 27.9 Å². The van der Waals surface area contributed by atoms with Crippen LogP contribution in [0.5, 0.6) is 5.75 Å². The lowest BCUT2D eigenvalue weighted by Gasteiger charge is -2.33. The van der Waals surface area contributed by atoms with Crippen LogP contribution in [0.2, 0.25) is 0 Å². The van der Waals surface area contributed by atoms with Gasteiger partial charge in [-0.15, -0.1) is 16.4 Å². The van der Waals surface area contributed by atoms with Gasteiger partial charge in [0.05, 0.1) is 25.0 Å². The number of ether oxygens (including phenoxy) is 1. The summed E-state index contributed by atoms with van der Waals surface area (Å²) in [5, 5.41) is 15.9. The van der Waals surface area contributed by atoms with E-state index in [1.54, 1.807) is 17.6 Å². The van der Waals surface area contributed by atoms with Crippen molar-refractivity contribution in [1.29, 1.82) is 0 Å². The van der Waals surface area contributed by atoms with Gasteiger partial charge < -0.3 is 14.1 Å². The molecule has 1 N–H and O–H groups in total. The Morgan fingerprint density at radius 2 is 2.03 bits per heavy atom. The Labute approximate surface area is 225 Å². The zero-order valence-electron chi connectivity index (χ0n) is 22.0. The fourth-order valence-electron chi connectivity index (χ4n) is 4.55. The molecule has 5 aromatic rings. The lowest BCUT2D eigenvalue weighted by Crippen LogP contribution is -2.37. The molecular formula is C28H32N6O3S. The third kappa shape index (κ3) is 5.27. The number of aromatic nitrogens is 5. The van der Waals surface area contributed by atoms with E-state index in [-0.39, 0.29) is 11.1 Å². The highest BCUT2D eigenvalue weighted by Crippen LogP contribution is 2.33. The molecule has 38 heavy (non-hydrogen) atoms. The Hall–Kier alpha value is -3.76. The normalized spacial score (nSPS) is 12.9. The van der Waals surface area contributed by atoms with Crippen LogP contribution in [0.25, 0.3) is 10.9 Å². The molecule has 0 fully saturated rings. The van der Waals surface area contributed by atoms with E-state index in [0.29, 0.717) is 31.1 Å². The third-order valence-corrected chi connectivity index (χ3v) is 7.73. The van der Waals surface area contributed by atoms with Gasteiger partial charge in [0.15, 0.2) is 5.82 Å². The van der Waals surface area contributed by atoms with Gasteiger partial charge in [0.2, 0.25) is 0 Å². The van der Waals surface area contributed by atoms with Crippen LogP contribution in [-0.4, -0.2) is 36.7 Å². The topological polar surface area (TPSA) is 102 Å². The summed E-state index contributed by atoms with van der Waals surface area (Å²) in [6, 6.07) is 15.0. The average Bonchev–Trinajstić information content (AvgIpc) is 3.69. The van der Waals surface area contributed by atoms with Gasteiger partial charge in [-0.25, -0.2) is 4.68 Å². The van der Waals surface area contributed by atoms with Crippen molar-refractivity contribution in [3.05, 3.63) is 92.6 Å². The fourth-order valence-corrected chi connectivity index (χ4v) is 5.28. The van der Waals surface area contributed by atoms with Crippen LogP contribution in [0.3, 0.4) is 0 Å². The van der Waals surface area contributed by atoms with Crippen molar-refractivity contribution in [2.45, 2.75) is 58.8 Å². The van der Waals surface area contributed by atoms with E-state index in [9.17, 15) is 4.79 Å². The molecule has 0 aliphatic carbocycles. The van der Waals surface area contributed by atoms with Gasteiger partial charge in [-0.05, 0) is 85.5 Å². The number of furan rings is 1. The number of nitrogens with zero attached hydrogens (tertiary/aromatic N) is 5. The molecule has 198 valence electrons. The second-order valence-electron chi connectivity index (χ2n) is 9.82. The van der Waals surface area contributed by atoms with E-state index in [1.807, 2.05) is 54.1 Å². The summed E-state index contributed by atoms with van der Waals surface area (Å²) in [5.74, 6) is 2.14. The summed E-state index contributed by atoms with van der Waals surface area (Å²) >= 11 is 1.67. The highest BCUT2D eigenvalue weighted by molar-refractivity contribution is 7.09. The Kier molecular flexibility index (Phi) is 7.44. The van der Waals surface area contributed by atoms with Gasteiger partial charge in [-0.2, -0.15) is 0 Å². The predicted molar refractivity (Wildman–Crippen MR) is 147 cm³/mol. The molecule has 0 bridgehead atoms. The van der Waals surface area contributed by atoms with Crippen molar-refractivity contribution in [2.75, 3.05) is 6.61 Å². The summed E-state index contributed by atoms with van der Waals surface area (Å²) in [6.45, 7) is 9.85. The van der Waals surface area contributed by atoms with E-state index >= 15 is 0 Å². The van der Waals surface area contributed by atoms with E-state index in [1.165, 1.54) is 0 Å². The van der Waals surface area contributed by atoms with Crippen LogP contribution in [0.15, 0.2) is 69.4 Å². The van der Waals surface area contributed by atoms with Crippen LogP contribution in [-0.2, 0) is 18.6 Å². The summed E-state index contributed by atoms with van der Waals surface area (Å²) in [5.41, 5.74) is 0.746. The number of pyridine rings is 1. The lowest BCUT2D eigenvalue weighted by atomic mass is 9.99. The van der Waals surface area contributed by atoms with Crippen LogP contribution < -0.4 is 10.3 Å². The second kappa shape index (κ2) is 10.9. The Balaban J connectivity index is 1.72. The molecule has 0 aliphatic rings. The minimum absolute atomic E-state index is 0.189. The maximum atomic E-state index is 13.7. The monoisotopic (exact) mass is 532 g/mol. The number of hydrogen-bond acceptors (Lipinski definition) is 8. The number of hydrogen-bond donors (Lipinski definition) is 1. The van der Waals surface area contributed by atoms with Crippen LogP contribution in [0.1, 0.15) is 62.2 Å². The molecule has 0 spiro atoms. The molecule has 1 aromatic carbocycles. The quantitative estimate of drug-likeness (QED) is 0.239. The lowest BCUT2D eigenvalue weighted by molar-refractivity contribution is 0.169. The number of fused-ring (bicyclic) bond motifs is 1. The molecule has 4 aromatic heterocycles. The smallest absolute Gasteiger partial charge is 0.253 e. The Morgan fingerprint density at radius 1 is 1.16 bits per heavy atom. The molecule has 0 saturated carbocycles. The predicted octanol–water partition coefficient (Wildman–Crippen LogP) is 5.50. The van der Waals surface area contributed by atoms with Crippen molar-refractivity contribution >= 4 is 22.2 Å². The van der Waals surface area contributed by atoms with Crippen LogP contribution in [0.4, 0.5) is 0 Å². The largest absolute Gasteiger partial charge is 0.494 e. The Morgan fingerprint density at radius 3 is 2.74 bits per heavy atom. The molecule has 1 atom stereocenters. The van der Waals surface area contributed by atoms with Gasteiger partial charge in [0.25, 0.3) is 5.56 Å². The molecule has 0 unspecified atom stereocenters. The molecular weight excluding hydrogens is 500 g/mol. The first-order valence-electron chi connectivity index (χ1n) is 12.8. The van der Waals surface area contributed by atoms with Crippen molar-refractivity contribution in [3.63, 3.8) is 0 Å². The van der Waals surface area contributed by atoms with Gasteiger partial charge in [-0.1, -0.05) is 13.0 Å². The van der Waals surface area contributed by atoms with Crippen molar-refractivity contribution in [2.24, 2.45) is 0 Å². The maximum absolute atomic E-state index is 13.7. The SMILES string of the molecule is CCOc1ccc2[nH]c(=O)c([C@@H](c3nnnn3C(C)(C)CC)N(Cc3ccco3)Cc3cccs3)cc2c1. The summed E-state index contributed by atoms with van der Waals surface area (Å²) in [6.07, 6.45) is 2.47. The minimum atomic E-state index is -0.549. The number of nitrogens with one attached hydrogen (secondary N) is 1. The molecule has 0 saturated heterocycles. The fraction of sp³-hybridized carbons (Fsp3) is 0.357. The summed E-state index contributed by atoms with van der Waals surface area (Å²) in [7, 11) is 0.